The molecule has 2 amide bonds. The number of methoxy groups -OCH3 is 1. The molecule has 0 aliphatic heterocycles. The van der Waals surface area contributed by atoms with Gasteiger partial charge in [0.2, 0.25) is 11.8 Å². The van der Waals surface area contributed by atoms with Crippen LogP contribution in [0.5, 0.6) is 0 Å². The zero-order valence-corrected chi connectivity index (χ0v) is 21.0. The standard InChI is InChI=1S/C28H29N5O4/c1-19-8-10-22(11-9-19)27(28(36)29-16-17-37-3)33(23-14-12-21(13-15-23)20(2)34)26(35)18-32-25-7-5-4-6-24(25)30-31-32/h4-15,27H,16-18H2,1-3H3,(H,29,36)/t27-/m1/s1. The lowest BCUT2D eigenvalue weighted by Crippen LogP contribution is -2.46. The summed E-state index contributed by atoms with van der Waals surface area (Å²) in [5, 5.41) is 11.2. The van der Waals surface area contributed by atoms with Gasteiger partial charge in [-0.05, 0) is 55.8 Å². The molecule has 0 aliphatic carbocycles. The number of benzene rings is 3. The molecule has 4 rings (SSSR count). The fraction of sp³-hybridized carbons (Fsp3) is 0.250. The van der Waals surface area contributed by atoms with Gasteiger partial charge in [0.15, 0.2) is 5.78 Å². The third kappa shape index (κ3) is 5.90. The smallest absolute Gasteiger partial charge is 0.249 e. The van der Waals surface area contributed by atoms with E-state index in [9.17, 15) is 14.4 Å². The number of hydrogen-bond acceptors (Lipinski definition) is 6. The highest BCUT2D eigenvalue weighted by molar-refractivity contribution is 6.02. The zero-order valence-electron chi connectivity index (χ0n) is 21.0. The summed E-state index contributed by atoms with van der Waals surface area (Å²) in [5.41, 5.74) is 4.04. The monoisotopic (exact) mass is 499 g/mol. The molecular weight excluding hydrogens is 470 g/mol. The van der Waals surface area contributed by atoms with E-state index in [1.807, 2.05) is 55.5 Å². The number of rotatable bonds is 10. The molecule has 0 unspecified atom stereocenters. The molecule has 0 radical (unpaired) electrons. The van der Waals surface area contributed by atoms with Gasteiger partial charge in [-0.1, -0.05) is 47.2 Å². The van der Waals surface area contributed by atoms with Gasteiger partial charge in [0, 0.05) is 24.9 Å². The minimum absolute atomic E-state index is 0.0918. The van der Waals surface area contributed by atoms with Gasteiger partial charge < -0.3 is 10.1 Å². The zero-order chi connectivity index (χ0) is 26.4. The van der Waals surface area contributed by atoms with E-state index in [2.05, 4.69) is 15.6 Å². The molecule has 0 spiro atoms. The minimum Gasteiger partial charge on any atom is -0.383 e. The summed E-state index contributed by atoms with van der Waals surface area (Å²) in [7, 11) is 1.55. The van der Waals surface area contributed by atoms with E-state index in [1.54, 1.807) is 31.4 Å². The van der Waals surface area contributed by atoms with Gasteiger partial charge in [-0.15, -0.1) is 5.10 Å². The largest absolute Gasteiger partial charge is 0.383 e. The van der Waals surface area contributed by atoms with Gasteiger partial charge in [0.1, 0.15) is 18.1 Å². The molecule has 0 aliphatic rings. The Morgan fingerprint density at radius 2 is 1.70 bits per heavy atom. The van der Waals surface area contributed by atoms with Gasteiger partial charge in [-0.2, -0.15) is 0 Å². The van der Waals surface area contributed by atoms with Crippen LogP contribution in [0.15, 0.2) is 72.8 Å². The number of Topliss-reactive ketones (excluding diaryl/α,β-unsaturated/α-hetero) is 1. The molecule has 1 atom stereocenters. The van der Waals surface area contributed by atoms with Crippen molar-refractivity contribution in [2.45, 2.75) is 26.4 Å². The van der Waals surface area contributed by atoms with Crippen LogP contribution in [0.1, 0.15) is 34.5 Å². The molecule has 9 nitrogen and oxygen atoms in total. The molecule has 37 heavy (non-hydrogen) atoms. The minimum atomic E-state index is -0.970. The molecular formula is C28H29N5O4. The second-order valence-electron chi connectivity index (χ2n) is 8.70. The van der Waals surface area contributed by atoms with E-state index in [4.69, 9.17) is 4.74 Å². The first kappa shape index (κ1) is 25.7. The van der Waals surface area contributed by atoms with Gasteiger partial charge in [-0.3, -0.25) is 19.3 Å². The van der Waals surface area contributed by atoms with Crippen LogP contribution in [-0.4, -0.2) is 52.9 Å². The van der Waals surface area contributed by atoms with Crippen molar-refractivity contribution in [2.24, 2.45) is 0 Å². The maximum Gasteiger partial charge on any atom is 0.249 e. The van der Waals surface area contributed by atoms with Gasteiger partial charge in [0.25, 0.3) is 0 Å². The Morgan fingerprint density at radius 3 is 2.38 bits per heavy atom. The second kappa shape index (κ2) is 11.6. The fourth-order valence-electron chi connectivity index (χ4n) is 4.07. The van der Waals surface area contributed by atoms with Gasteiger partial charge in [0.05, 0.1) is 12.1 Å². The SMILES string of the molecule is COCCNC(=O)[C@@H](c1ccc(C)cc1)N(C(=O)Cn1nnc2ccccc21)c1ccc(C(C)=O)cc1. The van der Waals surface area contributed by atoms with Crippen molar-refractivity contribution in [3.63, 3.8) is 0 Å². The van der Waals surface area contributed by atoms with E-state index >= 15 is 0 Å². The summed E-state index contributed by atoms with van der Waals surface area (Å²) in [4.78, 5) is 40.8. The summed E-state index contributed by atoms with van der Waals surface area (Å²) >= 11 is 0. The molecule has 190 valence electrons. The van der Waals surface area contributed by atoms with Crippen molar-refractivity contribution >= 4 is 34.3 Å². The Kier molecular flexibility index (Phi) is 8.05. The summed E-state index contributed by atoms with van der Waals surface area (Å²) in [5.74, 6) is -0.807. The van der Waals surface area contributed by atoms with E-state index in [-0.39, 0.29) is 30.7 Å². The van der Waals surface area contributed by atoms with Crippen molar-refractivity contribution in [1.82, 2.24) is 20.3 Å². The maximum atomic E-state index is 14.0. The van der Waals surface area contributed by atoms with Crippen molar-refractivity contribution in [1.29, 1.82) is 0 Å². The first-order valence-corrected chi connectivity index (χ1v) is 11.9. The van der Waals surface area contributed by atoms with E-state index < -0.39 is 6.04 Å². The predicted molar refractivity (Wildman–Crippen MR) is 140 cm³/mol. The highest BCUT2D eigenvalue weighted by atomic mass is 16.5. The average molecular weight is 500 g/mol. The molecule has 0 fully saturated rings. The molecule has 1 aromatic heterocycles. The predicted octanol–water partition coefficient (Wildman–Crippen LogP) is 3.48. The normalized spacial score (nSPS) is 11.8. The Morgan fingerprint density at radius 1 is 1.00 bits per heavy atom. The molecule has 0 saturated carbocycles. The Hall–Kier alpha value is -4.37. The molecule has 1 N–H and O–H groups in total. The van der Waals surface area contributed by atoms with Crippen LogP contribution < -0.4 is 10.2 Å². The molecule has 0 bridgehead atoms. The molecule has 4 aromatic rings. The number of aromatic nitrogens is 3. The molecule has 3 aromatic carbocycles. The van der Waals surface area contributed by atoms with Crippen molar-refractivity contribution in [3.8, 4) is 0 Å². The van der Waals surface area contributed by atoms with E-state index in [0.717, 1.165) is 5.56 Å². The van der Waals surface area contributed by atoms with Crippen LogP contribution >= 0.6 is 0 Å². The number of carbonyl (C=O) groups is 3. The molecule has 0 saturated heterocycles. The topological polar surface area (TPSA) is 106 Å². The number of fused-ring (bicyclic) bond motifs is 1. The third-order valence-corrected chi connectivity index (χ3v) is 6.03. The number of ketones is 1. The summed E-state index contributed by atoms with van der Waals surface area (Å²) in [6, 6.07) is 20.5. The highest BCUT2D eigenvalue weighted by Gasteiger charge is 2.33. The van der Waals surface area contributed by atoms with E-state index in [0.29, 0.717) is 34.5 Å². The van der Waals surface area contributed by atoms with Gasteiger partial charge >= 0.3 is 0 Å². The van der Waals surface area contributed by atoms with Crippen LogP contribution in [0.3, 0.4) is 0 Å². The van der Waals surface area contributed by atoms with Crippen molar-refractivity contribution in [2.75, 3.05) is 25.2 Å². The number of hydrogen-bond donors (Lipinski definition) is 1. The van der Waals surface area contributed by atoms with Crippen LogP contribution in [0.4, 0.5) is 5.69 Å². The van der Waals surface area contributed by atoms with Crippen LogP contribution in [0.2, 0.25) is 0 Å². The average Bonchev–Trinajstić information content (AvgIpc) is 3.30. The lowest BCUT2D eigenvalue weighted by atomic mass is 10.0. The Labute approximate surface area is 215 Å². The first-order chi connectivity index (χ1) is 17.9. The molecule has 1 heterocycles. The molecule has 9 heteroatoms. The number of ether oxygens (including phenoxy) is 1. The number of amides is 2. The van der Waals surface area contributed by atoms with E-state index in [1.165, 1.54) is 16.5 Å². The van der Waals surface area contributed by atoms with Crippen LogP contribution in [0.25, 0.3) is 11.0 Å². The van der Waals surface area contributed by atoms with Crippen LogP contribution in [-0.2, 0) is 20.9 Å². The second-order valence-corrected chi connectivity index (χ2v) is 8.70. The number of carbonyl (C=O) groups excluding carboxylic acids is 3. The van der Waals surface area contributed by atoms with Crippen LogP contribution in [0, 0.1) is 6.92 Å². The van der Waals surface area contributed by atoms with Crippen molar-refractivity contribution in [3.05, 3.63) is 89.5 Å². The number of aryl methyl sites for hydroxylation is 1. The maximum absolute atomic E-state index is 14.0. The number of nitrogens with one attached hydrogen (secondary N) is 1. The first-order valence-electron chi connectivity index (χ1n) is 11.9. The fourth-order valence-corrected chi connectivity index (χ4v) is 4.07. The van der Waals surface area contributed by atoms with Crippen molar-refractivity contribution < 1.29 is 19.1 Å². The third-order valence-electron chi connectivity index (χ3n) is 6.03. The number of anilines is 1. The Balaban J connectivity index is 1.78. The Bertz CT molecular complexity index is 1400. The summed E-state index contributed by atoms with van der Waals surface area (Å²) < 4.78 is 6.60. The summed E-state index contributed by atoms with van der Waals surface area (Å²) in [6.45, 7) is 3.92. The quantitative estimate of drug-likeness (QED) is 0.265. The lowest BCUT2D eigenvalue weighted by Gasteiger charge is -2.31. The number of nitrogens with zero attached hydrogens (tertiary/aromatic N) is 4. The number of para-hydroxylation sites is 1. The highest BCUT2D eigenvalue weighted by Crippen LogP contribution is 2.29. The lowest BCUT2D eigenvalue weighted by molar-refractivity contribution is -0.127. The van der Waals surface area contributed by atoms with Gasteiger partial charge in [-0.25, -0.2) is 4.68 Å². The summed E-state index contributed by atoms with van der Waals surface area (Å²) in [6.07, 6.45) is 0.